The summed E-state index contributed by atoms with van der Waals surface area (Å²) >= 11 is 0. The number of likely N-dealkylation sites (tertiary alicyclic amines) is 1. The topological polar surface area (TPSA) is 63.9 Å². The summed E-state index contributed by atoms with van der Waals surface area (Å²) in [5.41, 5.74) is 0. The van der Waals surface area contributed by atoms with E-state index in [-0.39, 0.29) is 18.6 Å². The minimum atomic E-state index is -0.165. The van der Waals surface area contributed by atoms with E-state index < -0.39 is 0 Å². The van der Waals surface area contributed by atoms with Crippen molar-refractivity contribution in [2.75, 3.05) is 33.4 Å². The van der Waals surface area contributed by atoms with Crippen LogP contribution in [0.4, 0.5) is 0 Å². The summed E-state index contributed by atoms with van der Waals surface area (Å²) in [7, 11) is 1.58. The molecule has 25 heavy (non-hydrogen) atoms. The third-order valence-corrected chi connectivity index (χ3v) is 4.37. The molecule has 1 aromatic carbocycles. The molecule has 1 aliphatic rings. The number of hydrogen-bond donors (Lipinski definition) is 1. The Morgan fingerprint density at radius 1 is 1.20 bits per heavy atom. The Morgan fingerprint density at radius 3 is 2.64 bits per heavy atom. The Morgan fingerprint density at radius 2 is 1.96 bits per heavy atom. The highest BCUT2D eigenvalue weighted by Gasteiger charge is 2.25. The zero-order chi connectivity index (χ0) is 17.5. The maximum absolute atomic E-state index is 12.2. The molecule has 0 spiro atoms. The van der Waals surface area contributed by atoms with Crippen molar-refractivity contribution in [1.29, 1.82) is 0 Å². The lowest BCUT2D eigenvalue weighted by atomic mass is 10.2. The minimum Gasteiger partial charge on any atom is -0.493 e. The summed E-state index contributed by atoms with van der Waals surface area (Å²) < 4.78 is 16.3. The lowest BCUT2D eigenvalue weighted by molar-refractivity contribution is -0.123. The molecule has 1 saturated heterocycles. The van der Waals surface area contributed by atoms with E-state index in [0.717, 1.165) is 18.8 Å². The fourth-order valence-corrected chi connectivity index (χ4v) is 3.09. The largest absolute Gasteiger partial charge is 0.493 e. The van der Waals surface area contributed by atoms with E-state index in [4.69, 9.17) is 13.9 Å². The predicted octanol–water partition coefficient (Wildman–Crippen LogP) is 2.62. The first-order chi connectivity index (χ1) is 12.3. The van der Waals surface area contributed by atoms with Crippen LogP contribution in [-0.2, 0) is 4.79 Å². The molecule has 1 N–H and O–H groups in total. The van der Waals surface area contributed by atoms with Crippen LogP contribution in [0.25, 0.3) is 0 Å². The highest BCUT2D eigenvalue weighted by Crippen LogP contribution is 2.26. The van der Waals surface area contributed by atoms with Crippen LogP contribution in [0.15, 0.2) is 47.1 Å². The number of rotatable bonds is 8. The summed E-state index contributed by atoms with van der Waals surface area (Å²) in [6.07, 6.45) is 4.04. The lowest BCUT2D eigenvalue weighted by Gasteiger charge is -2.26. The Bertz CT molecular complexity index is 666. The van der Waals surface area contributed by atoms with E-state index in [9.17, 15) is 4.79 Å². The zero-order valence-corrected chi connectivity index (χ0v) is 14.4. The zero-order valence-electron chi connectivity index (χ0n) is 14.4. The molecular formula is C19H24N2O4. The van der Waals surface area contributed by atoms with Gasteiger partial charge in [-0.05, 0) is 50.2 Å². The number of nitrogens with one attached hydrogen (secondary N) is 1. The minimum absolute atomic E-state index is 0.0503. The maximum atomic E-state index is 12.2. The highest BCUT2D eigenvalue weighted by molar-refractivity contribution is 5.77. The van der Waals surface area contributed by atoms with Crippen molar-refractivity contribution in [1.82, 2.24) is 10.2 Å². The molecule has 2 heterocycles. The molecule has 134 valence electrons. The van der Waals surface area contributed by atoms with Crippen LogP contribution < -0.4 is 14.8 Å². The summed E-state index contributed by atoms with van der Waals surface area (Å²) in [6.45, 7) is 2.50. The molecule has 0 aliphatic carbocycles. The Labute approximate surface area is 147 Å². The predicted molar refractivity (Wildman–Crippen MR) is 93.8 cm³/mol. The molecule has 6 nitrogen and oxygen atoms in total. The third-order valence-electron chi connectivity index (χ3n) is 4.37. The second-order valence-electron chi connectivity index (χ2n) is 6.02. The van der Waals surface area contributed by atoms with E-state index in [1.165, 1.54) is 12.8 Å². The number of carbonyl (C=O) groups excluding carboxylic acids is 1. The molecule has 1 aliphatic heterocycles. The van der Waals surface area contributed by atoms with E-state index in [2.05, 4.69) is 10.2 Å². The second kappa shape index (κ2) is 8.58. The van der Waals surface area contributed by atoms with Gasteiger partial charge in [0, 0.05) is 6.54 Å². The van der Waals surface area contributed by atoms with Gasteiger partial charge in [-0.2, -0.15) is 0 Å². The molecule has 0 bridgehead atoms. The molecule has 1 aromatic heterocycles. The third kappa shape index (κ3) is 4.54. The van der Waals surface area contributed by atoms with Gasteiger partial charge in [0.1, 0.15) is 5.76 Å². The summed E-state index contributed by atoms with van der Waals surface area (Å²) in [5, 5.41) is 2.95. The number of hydrogen-bond acceptors (Lipinski definition) is 5. The van der Waals surface area contributed by atoms with Gasteiger partial charge in [-0.1, -0.05) is 12.1 Å². The number of ether oxygens (including phenoxy) is 2. The quantitative estimate of drug-likeness (QED) is 0.797. The summed E-state index contributed by atoms with van der Waals surface area (Å²) in [6, 6.07) is 11.2. The van der Waals surface area contributed by atoms with Crippen LogP contribution in [0.1, 0.15) is 24.6 Å². The van der Waals surface area contributed by atoms with Gasteiger partial charge in [0.2, 0.25) is 0 Å². The molecular weight excluding hydrogens is 320 g/mol. The molecule has 1 amide bonds. The molecule has 6 heteroatoms. The van der Waals surface area contributed by atoms with Crippen LogP contribution in [0.5, 0.6) is 11.5 Å². The fraction of sp³-hybridized carbons (Fsp3) is 0.421. The van der Waals surface area contributed by atoms with Crippen molar-refractivity contribution in [2.45, 2.75) is 18.9 Å². The van der Waals surface area contributed by atoms with Gasteiger partial charge in [-0.25, -0.2) is 0 Å². The Balaban J connectivity index is 1.53. The van der Waals surface area contributed by atoms with Crippen LogP contribution in [0, 0.1) is 0 Å². The van der Waals surface area contributed by atoms with Crippen LogP contribution >= 0.6 is 0 Å². The van der Waals surface area contributed by atoms with E-state index in [1.54, 1.807) is 25.5 Å². The van der Waals surface area contributed by atoms with Crippen LogP contribution in [-0.4, -0.2) is 44.2 Å². The smallest absolute Gasteiger partial charge is 0.258 e. The number of methoxy groups -OCH3 is 1. The average molecular weight is 344 g/mol. The maximum Gasteiger partial charge on any atom is 0.258 e. The lowest BCUT2D eigenvalue weighted by Crippen LogP contribution is -2.38. The van der Waals surface area contributed by atoms with Crippen LogP contribution in [0.3, 0.4) is 0 Å². The van der Waals surface area contributed by atoms with Gasteiger partial charge in [-0.3, -0.25) is 9.69 Å². The molecule has 1 atom stereocenters. The number of nitrogens with zero attached hydrogens (tertiary/aromatic N) is 1. The Kier molecular flexibility index (Phi) is 5.95. The van der Waals surface area contributed by atoms with E-state index >= 15 is 0 Å². The van der Waals surface area contributed by atoms with Crippen molar-refractivity contribution in [2.24, 2.45) is 0 Å². The highest BCUT2D eigenvalue weighted by atomic mass is 16.5. The number of benzene rings is 1. The van der Waals surface area contributed by atoms with Crippen molar-refractivity contribution in [3.05, 3.63) is 48.4 Å². The number of furan rings is 1. The number of carbonyl (C=O) groups is 1. The number of amides is 1. The first-order valence-corrected chi connectivity index (χ1v) is 8.58. The van der Waals surface area contributed by atoms with Gasteiger partial charge >= 0.3 is 0 Å². The summed E-state index contributed by atoms with van der Waals surface area (Å²) in [5.74, 6) is 1.89. The first kappa shape index (κ1) is 17.4. The normalized spacial score (nSPS) is 15.7. The SMILES string of the molecule is COc1ccccc1OCC(=O)NCC(c1ccco1)N1CCCC1. The Hall–Kier alpha value is -2.47. The molecule has 0 radical (unpaired) electrons. The van der Waals surface area contributed by atoms with Gasteiger partial charge in [0.05, 0.1) is 19.4 Å². The number of para-hydroxylation sites is 2. The first-order valence-electron chi connectivity index (χ1n) is 8.58. The second-order valence-corrected chi connectivity index (χ2v) is 6.02. The van der Waals surface area contributed by atoms with Gasteiger partial charge in [0.15, 0.2) is 18.1 Å². The standard InChI is InChI=1S/C19H24N2O4/c1-23-17-7-2-3-8-18(17)25-14-19(22)20-13-15(16-9-6-12-24-16)21-10-4-5-11-21/h2-3,6-9,12,15H,4-5,10-11,13-14H2,1H3,(H,20,22). The molecule has 2 aromatic rings. The van der Waals surface area contributed by atoms with Crippen molar-refractivity contribution in [3.8, 4) is 11.5 Å². The van der Waals surface area contributed by atoms with Crippen molar-refractivity contribution >= 4 is 5.91 Å². The molecule has 3 rings (SSSR count). The molecule has 1 fully saturated rings. The van der Waals surface area contributed by atoms with Gasteiger partial charge in [-0.15, -0.1) is 0 Å². The fourth-order valence-electron chi connectivity index (χ4n) is 3.09. The van der Waals surface area contributed by atoms with Crippen LogP contribution in [0.2, 0.25) is 0 Å². The van der Waals surface area contributed by atoms with Gasteiger partial charge in [0.25, 0.3) is 5.91 Å². The van der Waals surface area contributed by atoms with E-state index in [0.29, 0.717) is 18.0 Å². The van der Waals surface area contributed by atoms with Gasteiger partial charge < -0.3 is 19.2 Å². The van der Waals surface area contributed by atoms with Crippen molar-refractivity contribution in [3.63, 3.8) is 0 Å². The van der Waals surface area contributed by atoms with E-state index in [1.807, 2.05) is 24.3 Å². The molecule has 0 saturated carbocycles. The molecule has 1 unspecified atom stereocenters. The monoisotopic (exact) mass is 344 g/mol. The summed E-state index contributed by atoms with van der Waals surface area (Å²) in [4.78, 5) is 14.5. The van der Waals surface area contributed by atoms with Crippen molar-refractivity contribution < 1.29 is 18.7 Å². The average Bonchev–Trinajstić information content (AvgIpc) is 3.35.